The van der Waals surface area contributed by atoms with Crippen LogP contribution in [-0.2, 0) is 11.3 Å². The molecule has 27 heavy (non-hydrogen) atoms. The summed E-state index contributed by atoms with van der Waals surface area (Å²) < 4.78 is 1.77. The van der Waals surface area contributed by atoms with Crippen molar-refractivity contribution in [2.75, 3.05) is 37.6 Å². The van der Waals surface area contributed by atoms with E-state index < -0.39 is 0 Å². The molecule has 0 aliphatic carbocycles. The summed E-state index contributed by atoms with van der Waals surface area (Å²) in [6.07, 6.45) is 1.53. The molecule has 0 saturated carbocycles. The minimum atomic E-state index is 0.0609. The Balaban J connectivity index is 1.31. The monoisotopic (exact) mass is 365 g/mol. The second-order valence-electron chi connectivity index (χ2n) is 6.75. The molecule has 8 nitrogen and oxygen atoms in total. The SMILES string of the molecule is Cc1cc(N2CCN(CC(=O)NCc3ccccc3)CC2)n2ncnc2n1. The van der Waals surface area contributed by atoms with Crippen LogP contribution in [0.1, 0.15) is 11.3 Å². The first kappa shape index (κ1) is 17.4. The summed E-state index contributed by atoms with van der Waals surface area (Å²) in [5.74, 6) is 1.68. The van der Waals surface area contributed by atoms with Crippen molar-refractivity contribution in [3.63, 3.8) is 0 Å². The number of aromatic nitrogens is 4. The van der Waals surface area contributed by atoms with E-state index in [-0.39, 0.29) is 5.91 Å². The van der Waals surface area contributed by atoms with E-state index in [9.17, 15) is 4.79 Å². The number of nitrogens with zero attached hydrogens (tertiary/aromatic N) is 6. The Morgan fingerprint density at radius 2 is 1.93 bits per heavy atom. The average molecular weight is 365 g/mol. The van der Waals surface area contributed by atoms with Crippen LogP contribution in [0.15, 0.2) is 42.7 Å². The van der Waals surface area contributed by atoms with Gasteiger partial charge in [-0.05, 0) is 12.5 Å². The Morgan fingerprint density at radius 3 is 2.70 bits per heavy atom. The molecule has 1 aromatic carbocycles. The Labute approximate surface area is 157 Å². The predicted molar refractivity (Wildman–Crippen MR) is 102 cm³/mol. The molecule has 0 spiro atoms. The lowest BCUT2D eigenvalue weighted by atomic mass is 10.2. The highest BCUT2D eigenvalue weighted by Gasteiger charge is 2.21. The molecule has 2 aromatic heterocycles. The van der Waals surface area contributed by atoms with Crippen LogP contribution >= 0.6 is 0 Å². The van der Waals surface area contributed by atoms with E-state index in [0.717, 1.165) is 43.3 Å². The van der Waals surface area contributed by atoms with Crippen LogP contribution in [0.25, 0.3) is 5.78 Å². The standard InChI is InChI=1S/C19H23N7O/c1-15-11-18(26-19(23-15)21-14-22-26)25-9-7-24(8-10-25)13-17(27)20-12-16-5-3-2-4-6-16/h2-6,11,14H,7-10,12-13H2,1H3,(H,20,27). The van der Waals surface area contributed by atoms with Gasteiger partial charge in [-0.3, -0.25) is 9.69 Å². The lowest BCUT2D eigenvalue weighted by Crippen LogP contribution is -2.50. The number of carbonyl (C=O) groups excluding carboxylic acids is 1. The van der Waals surface area contributed by atoms with Crippen LogP contribution in [0.2, 0.25) is 0 Å². The van der Waals surface area contributed by atoms with Gasteiger partial charge in [0.2, 0.25) is 5.91 Å². The van der Waals surface area contributed by atoms with E-state index >= 15 is 0 Å². The van der Waals surface area contributed by atoms with E-state index in [2.05, 4.69) is 30.2 Å². The lowest BCUT2D eigenvalue weighted by Gasteiger charge is -2.35. The van der Waals surface area contributed by atoms with E-state index in [1.54, 1.807) is 4.52 Å². The number of nitrogens with one attached hydrogen (secondary N) is 1. The minimum Gasteiger partial charge on any atom is -0.354 e. The molecule has 4 rings (SSSR count). The van der Waals surface area contributed by atoms with Crippen molar-refractivity contribution in [2.24, 2.45) is 0 Å². The van der Waals surface area contributed by atoms with Crippen LogP contribution in [0, 0.1) is 6.92 Å². The number of benzene rings is 1. The fraction of sp³-hybridized carbons (Fsp3) is 0.368. The highest BCUT2D eigenvalue weighted by molar-refractivity contribution is 5.78. The first-order valence-electron chi connectivity index (χ1n) is 9.14. The molecule has 3 heterocycles. The Hall–Kier alpha value is -3.00. The number of hydrogen-bond donors (Lipinski definition) is 1. The zero-order valence-corrected chi connectivity index (χ0v) is 15.4. The molecule has 1 fully saturated rings. The van der Waals surface area contributed by atoms with Crippen LogP contribution in [-0.4, -0.2) is 63.1 Å². The first-order chi connectivity index (χ1) is 13.2. The summed E-state index contributed by atoms with van der Waals surface area (Å²) in [6.45, 7) is 6.29. The number of rotatable bonds is 5. The second kappa shape index (κ2) is 7.71. The van der Waals surface area contributed by atoms with Crippen LogP contribution < -0.4 is 10.2 Å². The molecule has 0 bridgehead atoms. The van der Waals surface area contributed by atoms with Crippen LogP contribution in [0.4, 0.5) is 5.82 Å². The molecule has 1 N–H and O–H groups in total. The molecule has 8 heteroatoms. The van der Waals surface area contributed by atoms with Crippen LogP contribution in [0.5, 0.6) is 0 Å². The van der Waals surface area contributed by atoms with Gasteiger partial charge >= 0.3 is 0 Å². The molecule has 1 aliphatic rings. The van der Waals surface area contributed by atoms with Crippen molar-refractivity contribution >= 4 is 17.5 Å². The molecule has 0 unspecified atom stereocenters. The molecule has 0 atom stereocenters. The Kier molecular flexibility index (Phi) is 4.97. The number of carbonyl (C=O) groups is 1. The van der Waals surface area contributed by atoms with Gasteiger partial charge in [-0.2, -0.15) is 14.6 Å². The van der Waals surface area contributed by atoms with Crippen molar-refractivity contribution in [3.05, 3.63) is 54.0 Å². The highest BCUT2D eigenvalue weighted by Crippen LogP contribution is 2.17. The van der Waals surface area contributed by atoms with E-state index in [1.165, 1.54) is 6.33 Å². The average Bonchev–Trinajstić information content (AvgIpc) is 3.15. The summed E-state index contributed by atoms with van der Waals surface area (Å²) in [7, 11) is 0. The zero-order chi connectivity index (χ0) is 18.6. The van der Waals surface area contributed by atoms with Crippen molar-refractivity contribution in [3.8, 4) is 0 Å². The maximum absolute atomic E-state index is 12.2. The fourth-order valence-electron chi connectivity index (χ4n) is 3.33. The molecular formula is C19H23N7O. The number of piperazine rings is 1. The minimum absolute atomic E-state index is 0.0609. The first-order valence-corrected chi connectivity index (χ1v) is 9.14. The number of amides is 1. The van der Waals surface area contributed by atoms with Crippen molar-refractivity contribution < 1.29 is 4.79 Å². The molecule has 1 aliphatic heterocycles. The van der Waals surface area contributed by atoms with Gasteiger partial charge in [-0.1, -0.05) is 30.3 Å². The Bertz CT molecular complexity index is 916. The van der Waals surface area contributed by atoms with Crippen LogP contribution in [0.3, 0.4) is 0 Å². The van der Waals surface area contributed by atoms with Gasteiger partial charge in [0.25, 0.3) is 5.78 Å². The molecule has 140 valence electrons. The molecule has 3 aromatic rings. The number of hydrogen-bond acceptors (Lipinski definition) is 6. The predicted octanol–water partition coefficient (Wildman–Crippen LogP) is 0.871. The Morgan fingerprint density at radius 1 is 1.15 bits per heavy atom. The third kappa shape index (κ3) is 4.06. The van der Waals surface area contributed by atoms with Gasteiger partial charge < -0.3 is 10.2 Å². The summed E-state index contributed by atoms with van der Waals surface area (Å²) in [4.78, 5) is 25.3. The van der Waals surface area contributed by atoms with Gasteiger partial charge in [-0.15, -0.1) is 0 Å². The van der Waals surface area contributed by atoms with Crippen molar-refractivity contribution in [1.82, 2.24) is 29.8 Å². The van der Waals surface area contributed by atoms with Gasteiger partial charge in [0, 0.05) is 44.5 Å². The van der Waals surface area contributed by atoms with E-state index in [1.807, 2.05) is 43.3 Å². The smallest absolute Gasteiger partial charge is 0.254 e. The highest BCUT2D eigenvalue weighted by atomic mass is 16.2. The summed E-state index contributed by atoms with van der Waals surface area (Å²) in [6, 6.07) is 12.0. The maximum atomic E-state index is 12.2. The maximum Gasteiger partial charge on any atom is 0.254 e. The van der Waals surface area contributed by atoms with Crippen molar-refractivity contribution in [1.29, 1.82) is 0 Å². The van der Waals surface area contributed by atoms with E-state index in [4.69, 9.17) is 0 Å². The number of aryl methyl sites for hydroxylation is 1. The normalized spacial score (nSPS) is 15.2. The van der Waals surface area contributed by atoms with Gasteiger partial charge in [-0.25, -0.2) is 4.98 Å². The van der Waals surface area contributed by atoms with Gasteiger partial charge in [0.05, 0.1) is 6.54 Å². The summed E-state index contributed by atoms with van der Waals surface area (Å²) in [5, 5.41) is 7.27. The zero-order valence-electron chi connectivity index (χ0n) is 15.4. The van der Waals surface area contributed by atoms with Gasteiger partial charge in [0.1, 0.15) is 12.1 Å². The molecule has 1 amide bonds. The molecule has 1 saturated heterocycles. The van der Waals surface area contributed by atoms with Gasteiger partial charge in [0.15, 0.2) is 0 Å². The molecular weight excluding hydrogens is 342 g/mol. The largest absolute Gasteiger partial charge is 0.354 e. The second-order valence-corrected chi connectivity index (χ2v) is 6.75. The third-order valence-electron chi connectivity index (χ3n) is 4.76. The summed E-state index contributed by atoms with van der Waals surface area (Å²) >= 11 is 0. The number of fused-ring (bicyclic) bond motifs is 1. The quantitative estimate of drug-likeness (QED) is 0.723. The fourth-order valence-corrected chi connectivity index (χ4v) is 3.33. The third-order valence-corrected chi connectivity index (χ3v) is 4.76. The lowest BCUT2D eigenvalue weighted by molar-refractivity contribution is -0.122. The van der Waals surface area contributed by atoms with Crippen molar-refractivity contribution in [2.45, 2.75) is 13.5 Å². The topological polar surface area (TPSA) is 78.7 Å². The number of anilines is 1. The molecule has 0 radical (unpaired) electrons. The van der Waals surface area contributed by atoms with E-state index in [0.29, 0.717) is 18.9 Å². The summed E-state index contributed by atoms with van der Waals surface area (Å²) in [5.41, 5.74) is 2.04.